The second kappa shape index (κ2) is 2.64. The Balaban J connectivity index is 2.20. The van der Waals surface area contributed by atoms with Crippen LogP contribution in [0.1, 0.15) is 28.9 Å². The maximum atomic E-state index is 11.7. The molecule has 0 bridgehead atoms. The molecule has 0 radical (unpaired) electrons. The summed E-state index contributed by atoms with van der Waals surface area (Å²) in [5.74, 6) is 0.0660. The first-order valence-electron chi connectivity index (χ1n) is 3.94. The van der Waals surface area contributed by atoms with Crippen molar-refractivity contribution in [3.8, 4) is 0 Å². The van der Waals surface area contributed by atoms with Crippen molar-refractivity contribution >= 4 is 17.1 Å². The van der Waals surface area contributed by atoms with Crippen molar-refractivity contribution in [3.63, 3.8) is 0 Å². The van der Waals surface area contributed by atoms with Gasteiger partial charge in [0, 0.05) is 6.20 Å². The lowest BCUT2D eigenvalue weighted by molar-refractivity contribution is 0.0805. The molecule has 64 valence electrons. The summed E-state index contributed by atoms with van der Waals surface area (Å²) in [5, 5.41) is 0. The summed E-state index contributed by atoms with van der Waals surface area (Å²) in [7, 11) is 0. The zero-order chi connectivity index (χ0) is 8.60. The Bertz CT molecular complexity index is 290. The highest BCUT2D eigenvalue weighted by atomic mass is 32.1. The predicted octanol–water partition coefficient (Wildman–Crippen LogP) is 1.21. The first-order valence-corrected chi connectivity index (χ1v) is 4.82. The van der Waals surface area contributed by atoms with Crippen LogP contribution in [0.5, 0.6) is 0 Å². The van der Waals surface area contributed by atoms with Gasteiger partial charge in [0.1, 0.15) is 0 Å². The second-order valence-electron chi connectivity index (χ2n) is 3.20. The van der Waals surface area contributed by atoms with Gasteiger partial charge in [-0.25, -0.2) is 0 Å². The number of hydrogen-bond donors (Lipinski definition) is 1. The molecule has 1 aliphatic carbocycles. The maximum absolute atomic E-state index is 11.7. The molecule has 0 atom stereocenters. The van der Waals surface area contributed by atoms with Gasteiger partial charge in [0.05, 0.1) is 15.9 Å². The van der Waals surface area contributed by atoms with E-state index >= 15 is 0 Å². The molecule has 1 aliphatic rings. The number of rotatable bonds is 2. The number of aromatic nitrogens is 1. The van der Waals surface area contributed by atoms with E-state index < -0.39 is 5.54 Å². The van der Waals surface area contributed by atoms with E-state index in [1.54, 1.807) is 11.7 Å². The van der Waals surface area contributed by atoms with Gasteiger partial charge >= 0.3 is 0 Å². The van der Waals surface area contributed by atoms with E-state index in [4.69, 9.17) is 5.73 Å². The number of Topliss-reactive ketones (excluding diaryl/α,β-unsaturated/α-hetero) is 1. The third kappa shape index (κ3) is 1.07. The van der Waals surface area contributed by atoms with Crippen LogP contribution in [0.15, 0.2) is 11.7 Å². The summed E-state index contributed by atoms with van der Waals surface area (Å²) in [5.41, 5.74) is 6.97. The smallest absolute Gasteiger partial charge is 0.194 e. The van der Waals surface area contributed by atoms with Gasteiger partial charge in [-0.15, -0.1) is 11.3 Å². The highest BCUT2D eigenvalue weighted by Crippen LogP contribution is 2.32. The normalized spacial score (nSPS) is 20.1. The maximum Gasteiger partial charge on any atom is 0.194 e. The number of nitrogens with two attached hydrogens (primary N) is 1. The highest BCUT2D eigenvalue weighted by molar-refractivity contribution is 7.11. The number of carbonyl (C=O) groups is 1. The minimum Gasteiger partial charge on any atom is -0.319 e. The first-order chi connectivity index (χ1) is 5.72. The van der Waals surface area contributed by atoms with Crippen molar-refractivity contribution < 1.29 is 4.79 Å². The second-order valence-corrected chi connectivity index (χ2v) is 4.09. The molecule has 0 saturated heterocycles. The van der Waals surface area contributed by atoms with Gasteiger partial charge in [0.2, 0.25) is 0 Å². The van der Waals surface area contributed by atoms with Crippen LogP contribution in [0.25, 0.3) is 0 Å². The molecular formula is C8H10N2OS. The van der Waals surface area contributed by atoms with Gasteiger partial charge in [0.25, 0.3) is 0 Å². The van der Waals surface area contributed by atoms with E-state index in [2.05, 4.69) is 4.98 Å². The lowest BCUT2D eigenvalue weighted by atomic mass is 9.74. The molecule has 0 spiro atoms. The first kappa shape index (κ1) is 7.89. The van der Waals surface area contributed by atoms with Crippen molar-refractivity contribution in [2.24, 2.45) is 5.73 Å². The minimum absolute atomic E-state index is 0.0660. The van der Waals surface area contributed by atoms with Gasteiger partial charge in [-0.3, -0.25) is 9.78 Å². The molecule has 0 aliphatic heterocycles. The number of hydrogen-bond acceptors (Lipinski definition) is 4. The van der Waals surface area contributed by atoms with Gasteiger partial charge < -0.3 is 5.73 Å². The largest absolute Gasteiger partial charge is 0.319 e. The molecule has 0 aromatic carbocycles. The molecule has 2 rings (SSSR count). The fourth-order valence-electron chi connectivity index (χ4n) is 1.36. The SMILES string of the molecule is NC1(C(=O)c2cncs2)CCC1. The third-order valence-electron chi connectivity index (χ3n) is 2.35. The highest BCUT2D eigenvalue weighted by Gasteiger charge is 2.40. The van der Waals surface area contributed by atoms with Crippen molar-refractivity contribution in [1.82, 2.24) is 4.98 Å². The zero-order valence-corrected chi connectivity index (χ0v) is 7.43. The molecule has 4 heteroatoms. The Morgan fingerprint density at radius 3 is 2.83 bits per heavy atom. The minimum atomic E-state index is -0.563. The number of ketones is 1. The lowest BCUT2D eigenvalue weighted by Crippen LogP contribution is -2.53. The zero-order valence-electron chi connectivity index (χ0n) is 6.62. The van der Waals surface area contributed by atoms with Crippen LogP contribution >= 0.6 is 11.3 Å². The summed E-state index contributed by atoms with van der Waals surface area (Å²) in [6.07, 6.45) is 4.31. The molecule has 12 heavy (non-hydrogen) atoms. The van der Waals surface area contributed by atoms with Crippen LogP contribution in [-0.4, -0.2) is 16.3 Å². The summed E-state index contributed by atoms with van der Waals surface area (Å²) < 4.78 is 0. The average molecular weight is 182 g/mol. The Morgan fingerprint density at radius 1 is 1.67 bits per heavy atom. The van der Waals surface area contributed by atoms with Crippen molar-refractivity contribution in [3.05, 3.63) is 16.6 Å². The van der Waals surface area contributed by atoms with Crippen LogP contribution in [0.2, 0.25) is 0 Å². The van der Waals surface area contributed by atoms with Crippen LogP contribution in [0.4, 0.5) is 0 Å². The summed E-state index contributed by atoms with van der Waals surface area (Å²) in [6, 6.07) is 0. The van der Waals surface area contributed by atoms with E-state index in [0.29, 0.717) is 4.88 Å². The Hall–Kier alpha value is -0.740. The van der Waals surface area contributed by atoms with E-state index in [0.717, 1.165) is 19.3 Å². The fraction of sp³-hybridized carbons (Fsp3) is 0.500. The summed E-state index contributed by atoms with van der Waals surface area (Å²) in [6.45, 7) is 0. The Morgan fingerprint density at radius 2 is 2.42 bits per heavy atom. The van der Waals surface area contributed by atoms with Crippen LogP contribution in [0, 0.1) is 0 Å². The number of nitrogens with zero attached hydrogens (tertiary/aromatic N) is 1. The fourth-order valence-corrected chi connectivity index (χ4v) is 2.03. The van der Waals surface area contributed by atoms with Crippen LogP contribution in [-0.2, 0) is 0 Å². The Kier molecular flexibility index (Phi) is 1.73. The standard InChI is InChI=1S/C8H10N2OS/c9-8(2-1-3-8)7(11)6-4-10-5-12-6/h4-5H,1-3,9H2. The molecule has 3 nitrogen and oxygen atoms in total. The summed E-state index contributed by atoms with van der Waals surface area (Å²) in [4.78, 5) is 16.2. The molecule has 0 unspecified atom stereocenters. The monoisotopic (exact) mass is 182 g/mol. The number of thiazole rings is 1. The van der Waals surface area contributed by atoms with E-state index in [9.17, 15) is 4.79 Å². The summed E-state index contributed by atoms with van der Waals surface area (Å²) >= 11 is 1.37. The lowest BCUT2D eigenvalue weighted by Gasteiger charge is -2.35. The molecular weight excluding hydrogens is 172 g/mol. The predicted molar refractivity (Wildman–Crippen MR) is 47.2 cm³/mol. The van der Waals surface area contributed by atoms with E-state index in [-0.39, 0.29) is 5.78 Å². The molecule has 1 heterocycles. The molecule has 1 aromatic heterocycles. The van der Waals surface area contributed by atoms with Crippen molar-refractivity contribution in [1.29, 1.82) is 0 Å². The van der Waals surface area contributed by atoms with Crippen LogP contribution < -0.4 is 5.73 Å². The number of carbonyl (C=O) groups excluding carboxylic acids is 1. The van der Waals surface area contributed by atoms with E-state index in [1.807, 2.05) is 0 Å². The van der Waals surface area contributed by atoms with E-state index in [1.165, 1.54) is 11.3 Å². The molecule has 1 saturated carbocycles. The topological polar surface area (TPSA) is 56.0 Å². The third-order valence-corrected chi connectivity index (χ3v) is 3.13. The van der Waals surface area contributed by atoms with Gasteiger partial charge in [-0.2, -0.15) is 0 Å². The quantitative estimate of drug-likeness (QED) is 0.699. The van der Waals surface area contributed by atoms with Crippen molar-refractivity contribution in [2.45, 2.75) is 24.8 Å². The van der Waals surface area contributed by atoms with Crippen LogP contribution in [0.3, 0.4) is 0 Å². The average Bonchev–Trinajstić information content (AvgIpc) is 2.50. The van der Waals surface area contributed by atoms with Gasteiger partial charge in [-0.05, 0) is 19.3 Å². The molecule has 1 fully saturated rings. The Labute approximate surface area is 74.6 Å². The van der Waals surface area contributed by atoms with Crippen molar-refractivity contribution in [2.75, 3.05) is 0 Å². The molecule has 2 N–H and O–H groups in total. The molecule has 0 amide bonds. The van der Waals surface area contributed by atoms with Gasteiger partial charge in [0.15, 0.2) is 5.78 Å². The molecule has 1 aromatic rings. The van der Waals surface area contributed by atoms with Gasteiger partial charge in [-0.1, -0.05) is 0 Å².